The maximum Gasteiger partial charge on any atom is -0.00146 e. The molecule has 0 bridgehead atoms. The van der Waals surface area contributed by atoms with E-state index in [4.69, 9.17) is 0 Å². The molecule has 13 heavy (non-hydrogen) atoms. The van der Waals surface area contributed by atoms with Gasteiger partial charge in [0.2, 0.25) is 0 Å². The first kappa shape index (κ1) is 11.0. The average Bonchev–Trinajstić information content (AvgIpc) is 2.68. The number of nitrogens with one attached hydrogen (secondary N) is 1. The second-order valence-electron chi connectivity index (χ2n) is 4.18. The van der Waals surface area contributed by atoms with Gasteiger partial charge in [-0.2, -0.15) is 0 Å². The fraction of sp³-hybridized carbons (Fsp3) is 1.00. The second kappa shape index (κ2) is 5.64. The van der Waals surface area contributed by atoms with Crippen molar-refractivity contribution in [2.24, 2.45) is 17.8 Å². The van der Waals surface area contributed by atoms with Crippen LogP contribution >= 0.6 is 0 Å². The van der Waals surface area contributed by atoms with E-state index in [0.717, 1.165) is 17.8 Å². The van der Waals surface area contributed by atoms with Crippen molar-refractivity contribution in [2.45, 2.75) is 46.5 Å². The van der Waals surface area contributed by atoms with Crippen LogP contribution in [-0.2, 0) is 0 Å². The molecule has 3 unspecified atom stereocenters. The molecule has 0 amide bonds. The summed E-state index contributed by atoms with van der Waals surface area (Å²) in [7, 11) is 0. The smallest absolute Gasteiger partial charge is 0.00146 e. The van der Waals surface area contributed by atoms with E-state index in [1.807, 2.05) is 13.8 Å². The highest BCUT2D eigenvalue weighted by molar-refractivity contribution is 4.88. The summed E-state index contributed by atoms with van der Waals surface area (Å²) >= 11 is 0. The van der Waals surface area contributed by atoms with Crippen LogP contribution in [0.4, 0.5) is 0 Å². The highest BCUT2D eigenvalue weighted by Crippen LogP contribution is 2.38. The summed E-state index contributed by atoms with van der Waals surface area (Å²) in [6.07, 6.45) is 5.89. The Balaban J connectivity index is 0.000000396. The molecular weight excluding hydrogens is 158 g/mol. The molecule has 1 aliphatic carbocycles. The second-order valence-corrected chi connectivity index (χ2v) is 4.18. The Labute approximate surface area is 83.3 Å². The summed E-state index contributed by atoms with van der Waals surface area (Å²) in [5, 5.41) is 3.53. The highest BCUT2D eigenvalue weighted by Gasteiger charge is 2.35. The van der Waals surface area contributed by atoms with Gasteiger partial charge in [-0.25, -0.2) is 0 Å². The van der Waals surface area contributed by atoms with Gasteiger partial charge in [0.1, 0.15) is 0 Å². The lowest BCUT2D eigenvalue weighted by atomic mass is 9.73. The molecule has 2 aliphatic rings. The first-order chi connectivity index (χ1) is 6.42. The molecule has 2 fully saturated rings. The maximum absolute atomic E-state index is 3.53. The van der Waals surface area contributed by atoms with E-state index in [0.29, 0.717) is 0 Å². The lowest BCUT2D eigenvalue weighted by Crippen LogP contribution is -2.26. The van der Waals surface area contributed by atoms with Crippen LogP contribution in [0.15, 0.2) is 0 Å². The van der Waals surface area contributed by atoms with Gasteiger partial charge in [-0.1, -0.05) is 40.0 Å². The molecule has 1 heterocycles. The lowest BCUT2D eigenvalue weighted by Gasteiger charge is -2.32. The molecule has 1 N–H and O–H groups in total. The zero-order valence-corrected chi connectivity index (χ0v) is 9.47. The molecule has 3 atom stereocenters. The van der Waals surface area contributed by atoms with E-state index < -0.39 is 0 Å². The minimum atomic E-state index is 1.04. The zero-order valence-electron chi connectivity index (χ0n) is 9.47. The van der Waals surface area contributed by atoms with Crippen LogP contribution in [0, 0.1) is 17.8 Å². The van der Waals surface area contributed by atoms with Crippen molar-refractivity contribution in [2.75, 3.05) is 13.1 Å². The van der Waals surface area contributed by atoms with Gasteiger partial charge in [-0.05, 0) is 37.3 Å². The third-order valence-corrected chi connectivity index (χ3v) is 3.67. The average molecular weight is 183 g/mol. The van der Waals surface area contributed by atoms with Crippen molar-refractivity contribution < 1.29 is 0 Å². The molecule has 1 saturated heterocycles. The molecule has 0 aromatic carbocycles. The van der Waals surface area contributed by atoms with Crippen molar-refractivity contribution in [3.8, 4) is 0 Å². The monoisotopic (exact) mass is 183 g/mol. The van der Waals surface area contributed by atoms with Crippen molar-refractivity contribution in [3.63, 3.8) is 0 Å². The van der Waals surface area contributed by atoms with Crippen LogP contribution in [0.3, 0.4) is 0 Å². The predicted octanol–water partition coefficient (Wildman–Crippen LogP) is 3.06. The van der Waals surface area contributed by atoms with Gasteiger partial charge in [-0.15, -0.1) is 0 Å². The topological polar surface area (TPSA) is 12.0 Å². The molecular formula is C12H25N. The normalized spacial score (nSPS) is 37.6. The van der Waals surface area contributed by atoms with E-state index in [-0.39, 0.29) is 0 Å². The van der Waals surface area contributed by atoms with E-state index in [2.05, 4.69) is 12.2 Å². The minimum Gasteiger partial charge on any atom is -0.316 e. The standard InChI is InChI=1S/C10H19N.C2H6/c1-2-8-4-3-5-9-6-11-7-10(8)9;1-2/h8-11H,2-7H2,1H3;1-2H3. The van der Waals surface area contributed by atoms with Crippen LogP contribution in [0.25, 0.3) is 0 Å². The van der Waals surface area contributed by atoms with E-state index in [9.17, 15) is 0 Å². The third-order valence-electron chi connectivity index (χ3n) is 3.67. The van der Waals surface area contributed by atoms with Gasteiger partial charge in [0.05, 0.1) is 0 Å². The molecule has 1 saturated carbocycles. The van der Waals surface area contributed by atoms with Crippen molar-refractivity contribution in [1.82, 2.24) is 5.32 Å². The Morgan fingerprint density at radius 2 is 1.92 bits per heavy atom. The summed E-state index contributed by atoms with van der Waals surface area (Å²) in [5.74, 6) is 3.12. The van der Waals surface area contributed by atoms with Gasteiger partial charge in [0, 0.05) is 0 Å². The third kappa shape index (κ3) is 2.46. The van der Waals surface area contributed by atoms with Crippen LogP contribution in [0.2, 0.25) is 0 Å². The summed E-state index contributed by atoms with van der Waals surface area (Å²) < 4.78 is 0. The summed E-state index contributed by atoms with van der Waals surface area (Å²) in [4.78, 5) is 0. The number of hydrogen-bond acceptors (Lipinski definition) is 1. The Morgan fingerprint density at radius 3 is 2.62 bits per heavy atom. The van der Waals surface area contributed by atoms with Gasteiger partial charge in [0.15, 0.2) is 0 Å². The maximum atomic E-state index is 3.53. The summed E-state index contributed by atoms with van der Waals surface area (Å²) in [6, 6.07) is 0. The first-order valence-electron chi connectivity index (χ1n) is 6.12. The Kier molecular flexibility index (Phi) is 4.79. The van der Waals surface area contributed by atoms with E-state index in [1.54, 1.807) is 0 Å². The largest absolute Gasteiger partial charge is 0.316 e. The molecule has 1 aliphatic heterocycles. The van der Waals surface area contributed by atoms with Crippen LogP contribution in [-0.4, -0.2) is 13.1 Å². The quantitative estimate of drug-likeness (QED) is 0.659. The minimum absolute atomic E-state index is 1.04. The van der Waals surface area contributed by atoms with Gasteiger partial charge < -0.3 is 5.32 Å². The molecule has 0 radical (unpaired) electrons. The highest BCUT2D eigenvalue weighted by atomic mass is 14.9. The van der Waals surface area contributed by atoms with E-state index >= 15 is 0 Å². The zero-order chi connectivity index (χ0) is 9.68. The van der Waals surface area contributed by atoms with Crippen molar-refractivity contribution in [3.05, 3.63) is 0 Å². The van der Waals surface area contributed by atoms with Crippen LogP contribution in [0.1, 0.15) is 46.5 Å². The summed E-state index contributed by atoms with van der Waals surface area (Å²) in [5.41, 5.74) is 0. The Morgan fingerprint density at radius 1 is 1.15 bits per heavy atom. The molecule has 1 heteroatoms. The van der Waals surface area contributed by atoms with E-state index in [1.165, 1.54) is 38.8 Å². The fourth-order valence-corrected chi connectivity index (χ4v) is 2.98. The molecule has 0 aromatic heterocycles. The predicted molar refractivity (Wildman–Crippen MR) is 58.8 cm³/mol. The van der Waals surface area contributed by atoms with Crippen molar-refractivity contribution in [1.29, 1.82) is 0 Å². The SMILES string of the molecule is CC.CCC1CCCC2CNCC12. The molecule has 78 valence electrons. The summed E-state index contributed by atoms with van der Waals surface area (Å²) in [6.45, 7) is 8.97. The number of fused-ring (bicyclic) bond motifs is 1. The number of rotatable bonds is 1. The molecule has 0 aromatic rings. The molecule has 2 rings (SSSR count). The Bertz CT molecular complexity index is 133. The fourth-order valence-electron chi connectivity index (χ4n) is 2.98. The van der Waals surface area contributed by atoms with Crippen LogP contribution < -0.4 is 5.32 Å². The van der Waals surface area contributed by atoms with Gasteiger partial charge in [0.25, 0.3) is 0 Å². The van der Waals surface area contributed by atoms with Gasteiger partial charge in [-0.3, -0.25) is 0 Å². The Hall–Kier alpha value is -0.0400. The van der Waals surface area contributed by atoms with Crippen molar-refractivity contribution >= 4 is 0 Å². The lowest BCUT2D eigenvalue weighted by molar-refractivity contribution is 0.194. The van der Waals surface area contributed by atoms with Gasteiger partial charge >= 0.3 is 0 Å². The molecule has 1 nitrogen and oxygen atoms in total. The number of hydrogen-bond donors (Lipinski definition) is 1. The first-order valence-corrected chi connectivity index (χ1v) is 6.12. The van der Waals surface area contributed by atoms with Crippen LogP contribution in [0.5, 0.6) is 0 Å². The molecule has 0 spiro atoms.